The minimum atomic E-state index is 0.397. The van der Waals surface area contributed by atoms with Crippen LogP contribution in [0.3, 0.4) is 0 Å². The van der Waals surface area contributed by atoms with Crippen LogP contribution >= 0.6 is 15.9 Å². The van der Waals surface area contributed by atoms with Crippen LogP contribution in [0.2, 0.25) is 0 Å². The summed E-state index contributed by atoms with van der Waals surface area (Å²) in [5.41, 5.74) is 2.77. The molecule has 0 radical (unpaired) electrons. The van der Waals surface area contributed by atoms with E-state index in [2.05, 4.69) is 58.2 Å². The molecule has 17 heavy (non-hydrogen) atoms. The van der Waals surface area contributed by atoms with Crippen molar-refractivity contribution < 1.29 is 0 Å². The first-order valence-corrected chi connectivity index (χ1v) is 7.12. The van der Waals surface area contributed by atoms with Crippen LogP contribution in [0, 0.1) is 5.92 Å². The van der Waals surface area contributed by atoms with Crippen LogP contribution < -0.4 is 10.2 Å². The second-order valence-corrected chi connectivity index (χ2v) is 5.97. The van der Waals surface area contributed by atoms with Gasteiger partial charge in [0.15, 0.2) is 0 Å². The maximum absolute atomic E-state index is 3.58. The molecule has 0 aliphatic carbocycles. The van der Waals surface area contributed by atoms with E-state index in [1.54, 1.807) is 0 Å². The van der Waals surface area contributed by atoms with Gasteiger partial charge in [-0.15, -0.1) is 0 Å². The van der Waals surface area contributed by atoms with Crippen LogP contribution in [0.4, 0.5) is 5.69 Å². The van der Waals surface area contributed by atoms with E-state index in [4.69, 9.17) is 0 Å². The first kappa shape index (κ1) is 12.9. The normalized spacial score (nSPS) is 21.9. The highest BCUT2D eigenvalue weighted by atomic mass is 79.9. The smallest absolute Gasteiger partial charge is 0.0426 e. The molecule has 2 unspecified atom stereocenters. The van der Waals surface area contributed by atoms with Gasteiger partial charge in [-0.05, 0) is 44.0 Å². The number of halogens is 1. The first-order valence-electron chi connectivity index (χ1n) is 6.33. The summed E-state index contributed by atoms with van der Waals surface area (Å²) >= 11 is 3.58. The van der Waals surface area contributed by atoms with Crippen molar-refractivity contribution in [1.82, 2.24) is 5.32 Å². The van der Waals surface area contributed by atoms with Gasteiger partial charge in [0.05, 0.1) is 0 Å². The zero-order chi connectivity index (χ0) is 12.4. The van der Waals surface area contributed by atoms with Gasteiger partial charge in [-0.2, -0.15) is 0 Å². The summed E-state index contributed by atoms with van der Waals surface area (Å²) in [6.45, 7) is 6.91. The molecule has 94 valence electrons. The molecule has 2 rings (SSSR count). The summed E-state index contributed by atoms with van der Waals surface area (Å²) in [7, 11) is 2.02. The fourth-order valence-corrected chi connectivity index (χ4v) is 2.82. The van der Waals surface area contributed by atoms with Gasteiger partial charge < -0.3 is 10.2 Å². The lowest BCUT2D eigenvalue weighted by Gasteiger charge is -2.25. The highest BCUT2D eigenvalue weighted by Gasteiger charge is 2.22. The van der Waals surface area contributed by atoms with Crippen molar-refractivity contribution >= 4 is 21.6 Å². The highest BCUT2D eigenvalue weighted by Crippen LogP contribution is 2.32. The predicted molar refractivity (Wildman–Crippen MR) is 77.6 cm³/mol. The quantitative estimate of drug-likeness (QED) is 0.917. The molecule has 0 aromatic heterocycles. The lowest BCUT2D eigenvalue weighted by atomic mass is 10.1. The molecule has 0 amide bonds. The zero-order valence-corrected chi connectivity index (χ0v) is 12.4. The molecule has 1 aromatic carbocycles. The SMILES string of the molecule is CNC(C)c1ccc(Br)cc1N1CCC(C)C1. The molecule has 2 atom stereocenters. The topological polar surface area (TPSA) is 15.3 Å². The van der Waals surface area contributed by atoms with Crippen LogP contribution in [0.1, 0.15) is 31.9 Å². The Morgan fingerprint density at radius 2 is 2.24 bits per heavy atom. The average Bonchev–Trinajstić information content (AvgIpc) is 2.75. The Kier molecular flexibility index (Phi) is 4.10. The van der Waals surface area contributed by atoms with Crippen LogP contribution in [-0.4, -0.2) is 20.1 Å². The Morgan fingerprint density at radius 1 is 1.47 bits per heavy atom. The summed E-state index contributed by atoms with van der Waals surface area (Å²) in [4.78, 5) is 2.51. The number of anilines is 1. The van der Waals surface area contributed by atoms with E-state index in [9.17, 15) is 0 Å². The maximum Gasteiger partial charge on any atom is 0.0426 e. The van der Waals surface area contributed by atoms with Gasteiger partial charge in [-0.1, -0.05) is 28.9 Å². The maximum atomic E-state index is 3.58. The van der Waals surface area contributed by atoms with Gasteiger partial charge in [0, 0.05) is 29.3 Å². The average molecular weight is 297 g/mol. The summed E-state index contributed by atoms with van der Waals surface area (Å²) in [6.07, 6.45) is 1.31. The number of nitrogens with one attached hydrogen (secondary N) is 1. The van der Waals surface area contributed by atoms with Crippen molar-refractivity contribution in [2.45, 2.75) is 26.3 Å². The van der Waals surface area contributed by atoms with Crippen LogP contribution in [0.15, 0.2) is 22.7 Å². The van der Waals surface area contributed by atoms with Gasteiger partial charge in [0.1, 0.15) is 0 Å². The van der Waals surface area contributed by atoms with E-state index in [-0.39, 0.29) is 0 Å². The highest BCUT2D eigenvalue weighted by molar-refractivity contribution is 9.10. The minimum Gasteiger partial charge on any atom is -0.371 e. The number of hydrogen-bond acceptors (Lipinski definition) is 2. The van der Waals surface area contributed by atoms with Crippen molar-refractivity contribution in [1.29, 1.82) is 0 Å². The van der Waals surface area contributed by atoms with Crippen LogP contribution in [0.5, 0.6) is 0 Å². The Labute approximate surface area is 113 Å². The third kappa shape index (κ3) is 2.83. The Morgan fingerprint density at radius 3 is 2.82 bits per heavy atom. The second-order valence-electron chi connectivity index (χ2n) is 5.05. The summed E-state index contributed by atoms with van der Waals surface area (Å²) in [6, 6.07) is 7.01. The van der Waals surface area contributed by atoms with Gasteiger partial charge in [0.2, 0.25) is 0 Å². The molecule has 1 aliphatic heterocycles. The Balaban J connectivity index is 2.33. The van der Waals surface area contributed by atoms with Gasteiger partial charge in [0.25, 0.3) is 0 Å². The molecule has 0 bridgehead atoms. The van der Waals surface area contributed by atoms with Crippen molar-refractivity contribution in [2.75, 3.05) is 25.0 Å². The molecule has 1 fully saturated rings. The molecule has 0 saturated carbocycles. The molecule has 2 nitrogen and oxygen atoms in total. The summed E-state index contributed by atoms with van der Waals surface area (Å²) < 4.78 is 1.17. The Hall–Kier alpha value is -0.540. The van der Waals surface area contributed by atoms with Crippen molar-refractivity contribution in [3.8, 4) is 0 Å². The Bertz CT molecular complexity index is 392. The van der Waals surface area contributed by atoms with Gasteiger partial charge >= 0.3 is 0 Å². The predicted octanol–water partition coefficient (Wildman–Crippen LogP) is 3.58. The molecule has 1 aromatic rings. The largest absolute Gasteiger partial charge is 0.371 e. The van der Waals surface area contributed by atoms with Crippen molar-refractivity contribution in [3.63, 3.8) is 0 Å². The molecular weight excluding hydrogens is 276 g/mol. The summed E-state index contributed by atoms with van der Waals surface area (Å²) in [5, 5.41) is 3.33. The van der Waals surface area contributed by atoms with Crippen molar-refractivity contribution in [3.05, 3.63) is 28.2 Å². The number of hydrogen-bond donors (Lipinski definition) is 1. The molecular formula is C14H21BrN2. The fourth-order valence-electron chi connectivity index (χ4n) is 2.47. The van der Waals surface area contributed by atoms with Crippen LogP contribution in [0.25, 0.3) is 0 Å². The minimum absolute atomic E-state index is 0.397. The standard InChI is InChI=1S/C14H21BrN2/c1-10-6-7-17(9-10)14-8-12(15)4-5-13(14)11(2)16-3/h4-5,8,10-11,16H,6-7,9H2,1-3H3. The second kappa shape index (κ2) is 5.40. The van der Waals surface area contributed by atoms with E-state index in [1.165, 1.54) is 35.2 Å². The fraction of sp³-hybridized carbons (Fsp3) is 0.571. The third-order valence-electron chi connectivity index (χ3n) is 3.66. The molecule has 1 saturated heterocycles. The van der Waals surface area contributed by atoms with E-state index >= 15 is 0 Å². The van der Waals surface area contributed by atoms with Crippen molar-refractivity contribution in [2.24, 2.45) is 5.92 Å². The number of nitrogens with zero attached hydrogens (tertiary/aromatic N) is 1. The van der Waals surface area contributed by atoms with Gasteiger partial charge in [-0.25, -0.2) is 0 Å². The number of rotatable bonds is 3. The lowest BCUT2D eigenvalue weighted by Crippen LogP contribution is -2.23. The molecule has 1 aliphatic rings. The zero-order valence-electron chi connectivity index (χ0n) is 10.8. The lowest BCUT2D eigenvalue weighted by molar-refractivity contribution is 0.645. The van der Waals surface area contributed by atoms with E-state index in [0.29, 0.717) is 6.04 Å². The van der Waals surface area contributed by atoms with E-state index < -0.39 is 0 Å². The van der Waals surface area contributed by atoms with E-state index in [0.717, 1.165) is 5.92 Å². The number of benzene rings is 1. The molecule has 0 spiro atoms. The van der Waals surface area contributed by atoms with Gasteiger partial charge in [-0.3, -0.25) is 0 Å². The first-order chi connectivity index (χ1) is 8.11. The molecule has 1 N–H and O–H groups in total. The summed E-state index contributed by atoms with van der Waals surface area (Å²) in [5.74, 6) is 0.812. The molecule has 1 heterocycles. The monoisotopic (exact) mass is 296 g/mol. The third-order valence-corrected chi connectivity index (χ3v) is 4.15. The van der Waals surface area contributed by atoms with Crippen LogP contribution in [-0.2, 0) is 0 Å². The van der Waals surface area contributed by atoms with E-state index in [1.807, 2.05) is 7.05 Å². The molecule has 3 heteroatoms.